The van der Waals surface area contributed by atoms with Crippen molar-refractivity contribution in [3.05, 3.63) is 21.6 Å². The van der Waals surface area contributed by atoms with Crippen LogP contribution in [0.15, 0.2) is 11.0 Å². The lowest BCUT2D eigenvalue weighted by molar-refractivity contribution is 0.459. The van der Waals surface area contributed by atoms with Gasteiger partial charge in [-0.15, -0.1) is 0 Å². The fourth-order valence-electron chi connectivity index (χ4n) is 1.65. The van der Waals surface area contributed by atoms with Crippen LogP contribution in [0.5, 0.6) is 0 Å². The van der Waals surface area contributed by atoms with E-state index in [4.69, 9.17) is 11.6 Å². The van der Waals surface area contributed by atoms with Crippen LogP contribution in [0, 0.1) is 5.92 Å². The zero-order valence-corrected chi connectivity index (χ0v) is 10.8. The van der Waals surface area contributed by atoms with Crippen molar-refractivity contribution in [2.24, 2.45) is 5.92 Å². The highest BCUT2D eigenvalue weighted by Gasteiger charge is 2.19. The van der Waals surface area contributed by atoms with E-state index in [2.05, 4.69) is 15.7 Å². The van der Waals surface area contributed by atoms with Gasteiger partial charge in [0.2, 0.25) is 0 Å². The molecule has 1 aliphatic rings. The Kier molecular flexibility index (Phi) is 3.69. The van der Waals surface area contributed by atoms with Gasteiger partial charge in [-0.2, -0.15) is 5.10 Å². The van der Waals surface area contributed by atoms with Crippen LogP contribution in [-0.2, 0) is 6.54 Å². The highest BCUT2D eigenvalue weighted by atomic mass is 35.5. The summed E-state index contributed by atoms with van der Waals surface area (Å²) in [4.78, 5) is 11.9. The van der Waals surface area contributed by atoms with E-state index in [1.54, 1.807) is 6.20 Å². The first-order chi connectivity index (χ1) is 8.08. The molecule has 94 valence electrons. The summed E-state index contributed by atoms with van der Waals surface area (Å²) in [6.07, 6.45) is 1.63. The lowest BCUT2D eigenvalue weighted by Gasteiger charge is -2.29. The van der Waals surface area contributed by atoms with E-state index in [-0.39, 0.29) is 10.6 Å². The molecule has 0 unspecified atom stereocenters. The number of nitrogens with one attached hydrogen (secondary N) is 2. The van der Waals surface area contributed by atoms with Crippen molar-refractivity contribution in [1.82, 2.24) is 15.1 Å². The lowest BCUT2D eigenvalue weighted by Crippen LogP contribution is -2.51. The van der Waals surface area contributed by atoms with Gasteiger partial charge in [-0.05, 0) is 5.92 Å². The zero-order valence-electron chi connectivity index (χ0n) is 10.0. The molecule has 0 spiro atoms. The van der Waals surface area contributed by atoms with E-state index in [1.165, 1.54) is 4.68 Å². The molecule has 1 fully saturated rings. The van der Waals surface area contributed by atoms with Crippen molar-refractivity contribution in [3.63, 3.8) is 0 Å². The number of hydrogen-bond acceptors (Lipinski definition) is 4. The summed E-state index contributed by atoms with van der Waals surface area (Å²) in [5, 5.41) is 10.7. The highest BCUT2D eigenvalue weighted by molar-refractivity contribution is 6.32. The Balaban J connectivity index is 2.19. The molecule has 1 aromatic heterocycles. The summed E-state index contributed by atoms with van der Waals surface area (Å²) in [6, 6.07) is 0.342. The maximum atomic E-state index is 11.9. The van der Waals surface area contributed by atoms with Gasteiger partial charge in [-0.1, -0.05) is 25.4 Å². The van der Waals surface area contributed by atoms with Gasteiger partial charge in [0, 0.05) is 19.6 Å². The molecule has 1 saturated heterocycles. The standard InChI is InChI=1S/C11H17ClN4O/c1-7(2)6-16-11(17)10(12)9(5-14-16)15-8-3-13-4-8/h5,7-8,13,15H,3-4,6H2,1-2H3. The third-order valence-corrected chi connectivity index (χ3v) is 3.03. The Bertz CT molecular complexity index is 453. The van der Waals surface area contributed by atoms with E-state index in [9.17, 15) is 4.79 Å². The van der Waals surface area contributed by atoms with Crippen LogP contribution >= 0.6 is 11.6 Å². The van der Waals surface area contributed by atoms with Crippen molar-refractivity contribution in [2.75, 3.05) is 18.4 Å². The van der Waals surface area contributed by atoms with Gasteiger partial charge < -0.3 is 10.6 Å². The van der Waals surface area contributed by atoms with Crippen LogP contribution in [0.25, 0.3) is 0 Å². The molecule has 6 heteroatoms. The average Bonchev–Trinajstić information content (AvgIpc) is 2.21. The van der Waals surface area contributed by atoms with Crippen LogP contribution in [0.3, 0.4) is 0 Å². The van der Waals surface area contributed by atoms with E-state index in [1.807, 2.05) is 13.8 Å². The van der Waals surface area contributed by atoms with Crippen LogP contribution < -0.4 is 16.2 Å². The first-order valence-corrected chi connectivity index (χ1v) is 6.18. The average molecular weight is 257 g/mol. The molecule has 2 heterocycles. The van der Waals surface area contributed by atoms with Crippen LogP contribution in [0.2, 0.25) is 5.02 Å². The largest absolute Gasteiger partial charge is 0.377 e. The number of anilines is 1. The molecule has 0 bridgehead atoms. The molecule has 2 rings (SSSR count). The zero-order chi connectivity index (χ0) is 12.4. The van der Waals surface area contributed by atoms with Crippen LogP contribution in [0.4, 0.5) is 5.69 Å². The second-order valence-corrected chi connectivity index (χ2v) is 5.13. The molecular weight excluding hydrogens is 240 g/mol. The molecule has 0 atom stereocenters. The minimum atomic E-state index is -0.224. The van der Waals surface area contributed by atoms with E-state index >= 15 is 0 Å². The Labute approximate surface area is 105 Å². The van der Waals surface area contributed by atoms with Crippen molar-refractivity contribution in [1.29, 1.82) is 0 Å². The SMILES string of the molecule is CC(C)Cn1ncc(NC2CNC2)c(Cl)c1=O. The maximum absolute atomic E-state index is 11.9. The number of halogens is 1. The van der Waals surface area contributed by atoms with E-state index < -0.39 is 0 Å². The predicted octanol–water partition coefficient (Wildman–Crippen LogP) is 0.936. The lowest BCUT2D eigenvalue weighted by atomic mass is 10.2. The van der Waals surface area contributed by atoms with Gasteiger partial charge in [-0.25, -0.2) is 4.68 Å². The summed E-state index contributed by atoms with van der Waals surface area (Å²) in [7, 11) is 0. The van der Waals surface area contributed by atoms with Gasteiger partial charge in [0.25, 0.3) is 5.56 Å². The summed E-state index contributed by atoms with van der Waals surface area (Å²) < 4.78 is 1.41. The molecule has 2 N–H and O–H groups in total. The topological polar surface area (TPSA) is 59.0 Å². The predicted molar refractivity (Wildman–Crippen MR) is 68.6 cm³/mol. The summed E-state index contributed by atoms with van der Waals surface area (Å²) >= 11 is 6.05. The molecule has 17 heavy (non-hydrogen) atoms. The molecule has 0 radical (unpaired) electrons. The van der Waals surface area contributed by atoms with Crippen molar-refractivity contribution in [3.8, 4) is 0 Å². The van der Waals surface area contributed by atoms with Crippen LogP contribution in [-0.4, -0.2) is 28.9 Å². The van der Waals surface area contributed by atoms with Gasteiger partial charge >= 0.3 is 0 Å². The van der Waals surface area contributed by atoms with E-state index in [0.29, 0.717) is 24.2 Å². The number of hydrogen-bond donors (Lipinski definition) is 2. The van der Waals surface area contributed by atoms with Crippen molar-refractivity contribution < 1.29 is 0 Å². The summed E-state index contributed by atoms with van der Waals surface area (Å²) in [6.45, 7) is 6.45. The number of nitrogens with zero attached hydrogens (tertiary/aromatic N) is 2. The monoisotopic (exact) mass is 256 g/mol. The molecule has 5 nitrogen and oxygen atoms in total. The minimum absolute atomic E-state index is 0.224. The smallest absolute Gasteiger partial charge is 0.287 e. The van der Waals surface area contributed by atoms with Crippen molar-refractivity contribution in [2.45, 2.75) is 26.4 Å². The second-order valence-electron chi connectivity index (χ2n) is 4.75. The van der Waals surface area contributed by atoms with Crippen molar-refractivity contribution >= 4 is 17.3 Å². The molecule has 1 aliphatic heterocycles. The van der Waals surface area contributed by atoms with Gasteiger partial charge in [-0.3, -0.25) is 4.79 Å². The van der Waals surface area contributed by atoms with Gasteiger partial charge in [0.15, 0.2) is 0 Å². The quantitative estimate of drug-likeness (QED) is 0.842. The van der Waals surface area contributed by atoms with Gasteiger partial charge in [0.1, 0.15) is 5.02 Å². The highest BCUT2D eigenvalue weighted by Crippen LogP contribution is 2.17. The summed E-state index contributed by atoms with van der Waals surface area (Å²) in [5.74, 6) is 0.367. The molecule has 0 aromatic carbocycles. The molecule has 1 aromatic rings. The van der Waals surface area contributed by atoms with E-state index in [0.717, 1.165) is 13.1 Å². The summed E-state index contributed by atoms with van der Waals surface area (Å²) in [5.41, 5.74) is 0.404. The fraction of sp³-hybridized carbons (Fsp3) is 0.636. The minimum Gasteiger partial charge on any atom is -0.377 e. The Hall–Kier alpha value is -1.07. The normalized spacial score (nSPS) is 16.0. The molecule has 0 aliphatic carbocycles. The Morgan fingerprint density at radius 1 is 1.65 bits per heavy atom. The first kappa shape index (κ1) is 12.4. The molecule has 0 saturated carbocycles. The number of rotatable bonds is 4. The first-order valence-electron chi connectivity index (χ1n) is 5.81. The van der Waals surface area contributed by atoms with Gasteiger partial charge in [0.05, 0.1) is 17.9 Å². The van der Waals surface area contributed by atoms with Crippen LogP contribution in [0.1, 0.15) is 13.8 Å². The maximum Gasteiger partial charge on any atom is 0.287 e. The third-order valence-electron chi connectivity index (χ3n) is 2.66. The number of aromatic nitrogens is 2. The second kappa shape index (κ2) is 5.06. The Morgan fingerprint density at radius 2 is 2.35 bits per heavy atom. The third kappa shape index (κ3) is 2.79. The molecule has 0 amide bonds. The molecular formula is C11H17ClN4O. The Morgan fingerprint density at radius 3 is 2.88 bits per heavy atom. The fourth-order valence-corrected chi connectivity index (χ4v) is 1.85.